The van der Waals surface area contributed by atoms with Crippen LogP contribution in [-0.4, -0.2) is 61.7 Å². The van der Waals surface area contributed by atoms with Crippen molar-refractivity contribution >= 4 is 29.4 Å². The van der Waals surface area contributed by atoms with E-state index in [9.17, 15) is 4.79 Å². The molecule has 0 atom stereocenters. The first-order valence-corrected chi connectivity index (χ1v) is 9.21. The Balaban J connectivity index is -0.0000000995. The van der Waals surface area contributed by atoms with Crippen molar-refractivity contribution in [1.29, 1.82) is 0 Å². The van der Waals surface area contributed by atoms with Crippen LogP contribution in [0.2, 0.25) is 0 Å². The molecule has 0 unspecified atom stereocenters. The lowest BCUT2D eigenvalue weighted by atomic mass is 10.3. The summed E-state index contributed by atoms with van der Waals surface area (Å²) in [4.78, 5) is 74.6. The van der Waals surface area contributed by atoms with Crippen molar-refractivity contribution in [2.75, 3.05) is 6.61 Å². The van der Waals surface area contributed by atoms with Crippen molar-refractivity contribution < 1.29 is 67.6 Å². The minimum Gasteiger partial charge on any atom is -0.396 e. The van der Waals surface area contributed by atoms with E-state index in [1.165, 1.54) is 0 Å². The summed E-state index contributed by atoms with van der Waals surface area (Å²) in [6, 6.07) is 0. The van der Waals surface area contributed by atoms with Gasteiger partial charge < -0.3 is 54.9 Å². The predicted molar refractivity (Wildman–Crippen MR) is 68.3 cm³/mol. The molecule has 0 aliphatic rings. The van der Waals surface area contributed by atoms with Gasteiger partial charge in [-0.05, 0) is 6.42 Å². The highest BCUT2D eigenvalue weighted by Gasteiger charge is 2.01. The maximum Gasteiger partial charge on any atom is 0.466 e. The molecule has 138 valence electrons. The Labute approximate surface area is 123 Å². The molecular weight excluding hydrogens is 379 g/mol. The number of carbonyl (C=O) groups excluding carboxylic acids is 1. The van der Waals surface area contributed by atoms with Crippen molar-refractivity contribution in [3.63, 3.8) is 0 Å². The Kier molecular flexibility index (Phi) is 19.4. The van der Waals surface area contributed by atoms with Gasteiger partial charge in [0, 0.05) is 13.0 Å². The molecule has 0 heterocycles. The lowest BCUT2D eigenvalue weighted by Gasteiger charge is -1.86. The highest BCUT2D eigenvalue weighted by Crippen LogP contribution is 2.26. The third-order valence-electron chi connectivity index (χ3n) is 0.581. The summed E-state index contributed by atoms with van der Waals surface area (Å²) in [7, 11) is -13.9. The van der Waals surface area contributed by atoms with E-state index in [1.54, 1.807) is 0 Å². The topological polar surface area (TPSA) is 297 Å². The standard InChI is InChI=1S/C4H9NO2.3H3O4P/c5-4(7)2-1-3-6;3*1-5(2,3)4/h6H,1-3H2,(H2,5,7);3*(H3,1,2,3,4). The van der Waals surface area contributed by atoms with E-state index in [4.69, 9.17) is 68.6 Å². The fourth-order valence-electron chi connectivity index (χ4n) is 0.253. The number of hydrogen-bond acceptors (Lipinski definition) is 5. The van der Waals surface area contributed by atoms with Gasteiger partial charge in [-0.3, -0.25) is 4.79 Å². The van der Waals surface area contributed by atoms with Gasteiger partial charge in [0.05, 0.1) is 0 Å². The van der Waals surface area contributed by atoms with Gasteiger partial charge in [0.25, 0.3) is 0 Å². The quantitative estimate of drug-likeness (QED) is 0.206. The number of phosphoric acid groups is 3. The fourth-order valence-corrected chi connectivity index (χ4v) is 0.253. The second kappa shape index (κ2) is 14.4. The molecule has 0 radical (unpaired) electrons. The van der Waals surface area contributed by atoms with Crippen molar-refractivity contribution in [3.8, 4) is 0 Å². The minimum absolute atomic E-state index is 0.0446. The zero-order valence-electron chi connectivity index (χ0n) is 10.6. The van der Waals surface area contributed by atoms with Gasteiger partial charge >= 0.3 is 23.5 Å². The number of hydrogen-bond donors (Lipinski definition) is 11. The van der Waals surface area contributed by atoms with Gasteiger partial charge in [-0.25, -0.2) is 13.7 Å². The average molecular weight is 397 g/mol. The Morgan fingerprint density at radius 3 is 0.955 bits per heavy atom. The SMILES string of the molecule is NC(=O)CCCO.O=P(O)(O)O.O=P(O)(O)O.O=P(O)(O)O. The van der Waals surface area contributed by atoms with Gasteiger partial charge in [-0.2, -0.15) is 0 Å². The third-order valence-corrected chi connectivity index (χ3v) is 0.581. The summed E-state index contributed by atoms with van der Waals surface area (Å²) in [5.41, 5.74) is 4.73. The number of aliphatic hydroxyl groups excluding tert-OH is 1. The summed E-state index contributed by atoms with van der Waals surface area (Å²) in [5.74, 6) is -0.353. The Bertz CT molecular complexity index is 332. The van der Waals surface area contributed by atoms with E-state index in [1.807, 2.05) is 0 Å². The van der Waals surface area contributed by atoms with E-state index >= 15 is 0 Å². The summed E-state index contributed by atoms with van der Waals surface area (Å²) in [6.45, 7) is 0.0446. The number of primary amides is 1. The van der Waals surface area contributed by atoms with Crippen LogP contribution in [0.4, 0.5) is 0 Å². The van der Waals surface area contributed by atoms with Gasteiger partial charge in [-0.15, -0.1) is 0 Å². The number of aliphatic hydroxyl groups is 1. The molecule has 0 fully saturated rings. The maximum atomic E-state index is 9.87. The minimum atomic E-state index is -4.64. The third kappa shape index (κ3) is 492. The van der Waals surface area contributed by atoms with Crippen LogP contribution in [0, 0.1) is 0 Å². The molecule has 12 N–H and O–H groups in total. The van der Waals surface area contributed by atoms with E-state index in [2.05, 4.69) is 0 Å². The van der Waals surface area contributed by atoms with Crippen molar-refractivity contribution in [2.45, 2.75) is 12.8 Å². The molecule has 0 aromatic carbocycles. The Morgan fingerprint density at radius 1 is 0.727 bits per heavy atom. The molecular formula is C4H18NO14P3. The Hall–Kier alpha value is -0.240. The maximum absolute atomic E-state index is 9.87. The van der Waals surface area contributed by atoms with Crippen LogP contribution in [0.5, 0.6) is 0 Å². The molecule has 0 saturated carbocycles. The summed E-state index contributed by atoms with van der Waals surface area (Å²) >= 11 is 0. The van der Waals surface area contributed by atoms with Crippen LogP contribution in [0.15, 0.2) is 0 Å². The number of rotatable bonds is 3. The monoisotopic (exact) mass is 397 g/mol. The van der Waals surface area contributed by atoms with Crippen molar-refractivity contribution in [3.05, 3.63) is 0 Å². The van der Waals surface area contributed by atoms with Crippen LogP contribution in [0.1, 0.15) is 12.8 Å². The molecule has 1 amide bonds. The number of carbonyl (C=O) groups is 1. The molecule has 15 nitrogen and oxygen atoms in total. The Morgan fingerprint density at radius 2 is 0.909 bits per heavy atom. The van der Waals surface area contributed by atoms with E-state index in [0.717, 1.165) is 0 Å². The van der Waals surface area contributed by atoms with E-state index in [-0.39, 0.29) is 18.9 Å². The molecule has 18 heteroatoms. The van der Waals surface area contributed by atoms with Crippen LogP contribution in [0.3, 0.4) is 0 Å². The van der Waals surface area contributed by atoms with Crippen LogP contribution in [-0.2, 0) is 18.5 Å². The largest absolute Gasteiger partial charge is 0.466 e. The molecule has 0 aromatic rings. The second-order valence-corrected chi connectivity index (χ2v) is 5.91. The van der Waals surface area contributed by atoms with Crippen molar-refractivity contribution in [2.24, 2.45) is 5.73 Å². The van der Waals surface area contributed by atoms with Gasteiger partial charge in [0.2, 0.25) is 5.91 Å². The molecule has 0 aliphatic heterocycles. The molecule has 0 aliphatic carbocycles. The van der Waals surface area contributed by atoms with Crippen LogP contribution >= 0.6 is 23.5 Å². The fraction of sp³-hybridized carbons (Fsp3) is 0.750. The zero-order valence-corrected chi connectivity index (χ0v) is 13.3. The summed E-state index contributed by atoms with van der Waals surface area (Å²) < 4.78 is 26.6. The lowest BCUT2D eigenvalue weighted by Crippen LogP contribution is -2.10. The molecule has 0 aromatic heterocycles. The zero-order chi connectivity index (χ0) is 19.2. The molecule has 0 saturated heterocycles. The normalized spacial score (nSPS) is 10.8. The summed E-state index contributed by atoms with van der Waals surface area (Å²) in [6.07, 6.45) is 0.770. The smallest absolute Gasteiger partial charge is 0.396 e. The van der Waals surface area contributed by atoms with Crippen LogP contribution in [0.25, 0.3) is 0 Å². The average Bonchev–Trinajstić information content (AvgIpc) is 2.05. The van der Waals surface area contributed by atoms with Gasteiger partial charge in [0.1, 0.15) is 0 Å². The molecule has 0 spiro atoms. The number of amides is 1. The van der Waals surface area contributed by atoms with Crippen molar-refractivity contribution in [1.82, 2.24) is 0 Å². The first-order chi connectivity index (χ1) is 9.27. The van der Waals surface area contributed by atoms with E-state index in [0.29, 0.717) is 6.42 Å². The van der Waals surface area contributed by atoms with Crippen LogP contribution < -0.4 is 5.73 Å². The summed E-state index contributed by atoms with van der Waals surface area (Å²) in [5, 5.41) is 8.11. The lowest BCUT2D eigenvalue weighted by molar-refractivity contribution is -0.118. The molecule has 22 heavy (non-hydrogen) atoms. The highest BCUT2D eigenvalue weighted by molar-refractivity contribution is 7.45. The number of nitrogens with two attached hydrogens (primary N) is 1. The molecule has 0 rings (SSSR count). The van der Waals surface area contributed by atoms with E-state index < -0.39 is 23.5 Å². The molecule has 0 bridgehead atoms. The predicted octanol–water partition coefficient (Wildman–Crippen LogP) is -3.54. The second-order valence-electron chi connectivity index (χ2n) is 2.83. The first-order valence-electron chi connectivity index (χ1n) is 4.51. The van der Waals surface area contributed by atoms with Gasteiger partial charge in [0.15, 0.2) is 0 Å². The highest BCUT2D eigenvalue weighted by atomic mass is 31.2. The first kappa shape index (κ1) is 29.7. The van der Waals surface area contributed by atoms with Gasteiger partial charge in [-0.1, -0.05) is 0 Å².